The monoisotopic (exact) mass is 509 g/mol. The van der Waals surface area contributed by atoms with Crippen molar-refractivity contribution >= 4 is 17.0 Å². The highest BCUT2D eigenvalue weighted by molar-refractivity contribution is 7.12. The molecule has 2 rings (SSSR count). The summed E-state index contributed by atoms with van der Waals surface area (Å²) in [5.74, 6) is 2.09. The van der Waals surface area contributed by atoms with Gasteiger partial charge in [-0.2, -0.15) is 0 Å². The first-order valence-corrected chi connectivity index (χ1v) is 15.4. The number of hydrogen-bond acceptors (Lipinski definition) is 5. The van der Waals surface area contributed by atoms with Crippen LogP contribution in [0.25, 0.3) is 0 Å². The average Bonchev–Trinajstić information content (AvgIpc) is 3.42. The van der Waals surface area contributed by atoms with Gasteiger partial charge in [-0.15, -0.1) is 11.3 Å². The number of oxime groups is 1. The molecule has 4 nitrogen and oxygen atoms in total. The summed E-state index contributed by atoms with van der Waals surface area (Å²) in [6.45, 7) is 22.1. The fourth-order valence-corrected chi connectivity index (χ4v) is 5.40. The average molecular weight is 510 g/mol. The smallest absolute Gasteiger partial charge is 0.0995 e. The molecule has 1 aliphatic rings. The standard InChI is InChI=1S/C20H36N2OS.C8H17N.C2H6/c1-6-13-22(15-12-20(5,7-2)8-3)14-11-17(4)19(21-23)18-10-9-16-24-18;1-7-2-4-8(6-9)5-3-7;1-2/h9-10,16-17,23H,6-8,11-15H2,1-5H3;7-8H,2-6,9H2,1H3;1-2H3/b21-19-;;. The van der Waals surface area contributed by atoms with Crippen molar-refractivity contribution in [1.29, 1.82) is 0 Å². The van der Waals surface area contributed by atoms with E-state index in [1.165, 1.54) is 57.9 Å². The van der Waals surface area contributed by atoms with Gasteiger partial charge in [0.15, 0.2) is 0 Å². The second-order valence-corrected chi connectivity index (χ2v) is 11.6. The minimum atomic E-state index is 0.275. The fourth-order valence-electron chi connectivity index (χ4n) is 4.58. The van der Waals surface area contributed by atoms with E-state index in [9.17, 15) is 5.21 Å². The van der Waals surface area contributed by atoms with E-state index in [0.717, 1.165) is 48.5 Å². The predicted octanol–water partition coefficient (Wildman–Crippen LogP) is 8.68. The molecule has 5 heteroatoms. The Kier molecular flexibility index (Phi) is 19.7. The first kappa shape index (κ1) is 34.1. The molecule has 0 amide bonds. The molecular weight excluding hydrogens is 450 g/mol. The maximum atomic E-state index is 9.39. The third-order valence-electron chi connectivity index (χ3n) is 7.97. The SMILES string of the molecule is CC.CC1CCC(CN)CC1.CCCN(CCC(C)/C(=N/O)c1cccs1)CCC(C)(CC)CC. The highest BCUT2D eigenvalue weighted by Crippen LogP contribution is 2.30. The van der Waals surface area contributed by atoms with Gasteiger partial charge in [0.1, 0.15) is 0 Å². The lowest BCUT2D eigenvalue weighted by Crippen LogP contribution is -2.32. The van der Waals surface area contributed by atoms with Crippen LogP contribution >= 0.6 is 11.3 Å². The Morgan fingerprint density at radius 2 is 1.77 bits per heavy atom. The van der Waals surface area contributed by atoms with Crippen LogP contribution < -0.4 is 5.73 Å². The van der Waals surface area contributed by atoms with Gasteiger partial charge in [-0.1, -0.05) is 92.3 Å². The van der Waals surface area contributed by atoms with Gasteiger partial charge in [-0.05, 0) is 87.0 Å². The van der Waals surface area contributed by atoms with Gasteiger partial charge in [0.2, 0.25) is 0 Å². The number of rotatable bonds is 13. The van der Waals surface area contributed by atoms with Gasteiger partial charge in [-0.25, -0.2) is 0 Å². The van der Waals surface area contributed by atoms with Crippen LogP contribution in [0.3, 0.4) is 0 Å². The largest absolute Gasteiger partial charge is 0.411 e. The first-order chi connectivity index (χ1) is 16.8. The Morgan fingerprint density at radius 1 is 1.14 bits per heavy atom. The Labute approximate surface area is 222 Å². The first-order valence-electron chi connectivity index (χ1n) is 14.5. The second kappa shape index (κ2) is 20.2. The van der Waals surface area contributed by atoms with Crippen LogP contribution in [-0.2, 0) is 0 Å². The summed E-state index contributed by atoms with van der Waals surface area (Å²) in [6.07, 6.45) is 11.5. The number of nitrogens with zero attached hydrogens (tertiary/aromatic N) is 2. The lowest BCUT2D eigenvalue weighted by atomic mass is 9.81. The molecule has 1 aromatic heterocycles. The summed E-state index contributed by atoms with van der Waals surface area (Å²) in [7, 11) is 0. The molecule has 1 fully saturated rings. The fraction of sp³-hybridized carbons (Fsp3) is 0.833. The molecule has 35 heavy (non-hydrogen) atoms. The molecule has 0 spiro atoms. The summed E-state index contributed by atoms with van der Waals surface area (Å²) >= 11 is 1.64. The van der Waals surface area contributed by atoms with Gasteiger partial charge >= 0.3 is 0 Å². The number of nitrogens with two attached hydrogens (primary N) is 1. The van der Waals surface area contributed by atoms with Crippen LogP contribution in [0.2, 0.25) is 0 Å². The molecule has 3 N–H and O–H groups in total. The Balaban J connectivity index is 0.000000870. The molecule has 1 atom stereocenters. The molecule has 0 radical (unpaired) electrons. The number of hydrogen-bond donors (Lipinski definition) is 2. The Morgan fingerprint density at radius 3 is 2.23 bits per heavy atom. The molecule has 0 aromatic carbocycles. The third kappa shape index (κ3) is 13.8. The van der Waals surface area contributed by atoms with E-state index in [1.54, 1.807) is 11.3 Å². The molecular formula is C30H59N3OS. The molecule has 1 unspecified atom stereocenters. The van der Waals surface area contributed by atoms with E-state index in [0.29, 0.717) is 5.41 Å². The van der Waals surface area contributed by atoms with Crippen molar-refractivity contribution in [3.8, 4) is 0 Å². The van der Waals surface area contributed by atoms with Gasteiger partial charge in [0, 0.05) is 5.92 Å². The molecule has 1 aromatic rings. The quantitative estimate of drug-likeness (QED) is 0.159. The Hall–Kier alpha value is -0.910. The van der Waals surface area contributed by atoms with Gasteiger partial charge in [0.25, 0.3) is 0 Å². The molecule has 1 saturated carbocycles. The molecule has 0 aliphatic heterocycles. The van der Waals surface area contributed by atoms with Crippen molar-refractivity contribution in [3.05, 3.63) is 22.4 Å². The highest BCUT2D eigenvalue weighted by atomic mass is 32.1. The molecule has 1 aliphatic carbocycles. The molecule has 206 valence electrons. The van der Waals surface area contributed by atoms with E-state index in [-0.39, 0.29) is 5.92 Å². The maximum Gasteiger partial charge on any atom is 0.0995 e. The van der Waals surface area contributed by atoms with Gasteiger partial charge in [0.05, 0.1) is 10.6 Å². The van der Waals surface area contributed by atoms with Crippen LogP contribution in [0, 0.1) is 23.2 Å². The van der Waals surface area contributed by atoms with Crippen LogP contribution in [-0.4, -0.2) is 42.0 Å². The van der Waals surface area contributed by atoms with Crippen LogP contribution in [0.5, 0.6) is 0 Å². The molecule has 0 bridgehead atoms. The highest BCUT2D eigenvalue weighted by Gasteiger charge is 2.21. The summed E-state index contributed by atoms with van der Waals surface area (Å²) in [5.41, 5.74) is 6.84. The zero-order chi connectivity index (χ0) is 26.7. The Bertz CT molecular complexity index is 620. The van der Waals surface area contributed by atoms with E-state index in [4.69, 9.17) is 5.73 Å². The summed E-state index contributed by atoms with van der Waals surface area (Å²) in [4.78, 5) is 3.67. The maximum absolute atomic E-state index is 9.39. The lowest BCUT2D eigenvalue weighted by molar-refractivity contribution is 0.190. The summed E-state index contributed by atoms with van der Waals surface area (Å²) in [5, 5.41) is 15.0. The van der Waals surface area contributed by atoms with Crippen molar-refractivity contribution in [2.24, 2.45) is 34.1 Å². The summed E-state index contributed by atoms with van der Waals surface area (Å²) < 4.78 is 0. The van der Waals surface area contributed by atoms with E-state index in [1.807, 2.05) is 31.4 Å². The lowest BCUT2D eigenvalue weighted by Gasteiger charge is -2.31. The van der Waals surface area contributed by atoms with E-state index < -0.39 is 0 Å². The van der Waals surface area contributed by atoms with Crippen molar-refractivity contribution in [3.63, 3.8) is 0 Å². The van der Waals surface area contributed by atoms with Crippen LogP contribution in [0.1, 0.15) is 118 Å². The van der Waals surface area contributed by atoms with Crippen molar-refractivity contribution in [2.45, 2.75) is 113 Å². The minimum Gasteiger partial charge on any atom is -0.411 e. The molecule has 0 saturated heterocycles. The number of thiophene rings is 1. The van der Waals surface area contributed by atoms with Gasteiger partial charge in [-0.3, -0.25) is 0 Å². The normalized spacial score (nSPS) is 19.4. The summed E-state index contributed by atoms with van der Waals surface area (Å²) in [6, 6.07) is 4.05. The zero-order valence-electron chi connectivity index (χ0n) is 24.5. The van der Waals surface area contributed by atoms with Crippen molar-refractivity contribution in [2.75, 3.05) is 26.2 Å². The van der Waals surface area contributed by atoms with E-state index >= 15 is 0 Å². The van der Waals surface area contributed by atoms with Crippen molar-refractivity contribution < 1.29 is 5.21 Å². The predicted molar refractivity (Wildman–Crippen MR) is 158 cm³/mol. The van der Waals surface area contributed by atoms with Gasteiger partial charge < -0.3 is 15.8 Å². The third-order valence-corrected chi connectivity index (χ3v) is 8.87. The van der Waals surface area contributed by atoms with Crippen LogP contribution in [0.15, 0.2) is 22.7 Å². The van der Waals surface area contributed by atoms with E-state index in [2.05, 4.69) is 51.6 Å². The topological polar surface area (TPSA) is 61.8 Å². The second-order valence-electron chi connectivity index (χ2n) is 10.6. The van der Waals surface area contributed by atoms with Crippen LogP contribution in [0.4, 0.5) is 0 Å². The zero-order valence-corrected chi connectivity index (χ0v) is 25.3. The molecule has 1 heterocycles. The van der Waals surface area contributed by atoms with Crippen molar-refractivity contribution in [1.82, 2.24) is 4.90 Å². The minimum absolute atomic E-state index is 0.275.